The van der Waals surface area contributed by atoms with E-state index in [0.29, 0.717) is 23.5 Å². The summed E-state index contributed by atoms with van der Waals surface area (Å²) in [4.78, 5) is 12.5. The first-order valence-electron chi connectivity index (χ1n) is 7.80. The number of aromatic nitrogens is 2. The summed E-state index contributed by atoms with van der Waals surface area (Å²) in [7, 11) is 0. The first-order valence-corrected chi connectivity index (χ1v) is 7.80. The van der Waals surface area contributed by atoms with Crippen LogP contribution in [0.3, 0.4) is 0 Å². The summed E-state index contributed by atoms with van der Waals surface area (Å²) in [6.45, 7) is 4.05. The number of benzene rings is 2. The molecular formula is C19H17F2N3O. The largest absolute Gasteiger partial charge is 0.319 e. The second-order valence-electron chi connectivity index (χ2n) is 5.77. The number of anilines is 1. The quantitative estimate of drug-likeness (QED) is 0.777. The Balaban J connectivity index is 1.85. The van der Waals surface area contributed by atoms with Gasteiger partial charge in [0, 0.05) is 11.8 Å². The van der Waals surface area contributed by atoms with Gasteiger partial charge in [0.2, 0.25) is 0 Å². The molecule has 128 valence electrons. The second kappa shape index (κ2) is 6.84. The van der Waals surface area contributed by atoms with Crippen LogP contribution in [-0.4, -0.2) is 15.7 Å². The van der Waals surface area contributed by atoms with Gasteiger partial charge in [0.15, 0.2) is 0 Å². The molecule has 1 N–H and O–H groups in total. The smallest absolute Gasteiger partial charge is 0.259 e. The predicted molar refractivity (Wildman–Crippen MR) is 91.6 cm³/mol. The Morgan fingerprint density at radius 1 is 1.12 bits per heavy atom. The third-order valence-electron chi connectivity index (χ3n) is 3.96. The van der Waals surface area contributed by atoms with Gasteiger partial charge in [-0.15, -0.1) is 0 Å². The molecule has 3 rings (SSSR count). The van der Waals surface area contributed by atoms with Gasteiger partial charge in [0.1, 0.15) is 11.6 Å². The van der Waals surface area contributed by atoms with Gasteiger partial charge in [0.25, 0.3) is 5.91 Å². The molecule has 1 aromatic heterocycles. The lowest BCUT2D eigenvalue weighted by atomic mass is 10.1. The maximum Gasteiger partial charge on any atom is 0.259 e. The van der Waals surface area contributed by atoms with Crippen LogP contribution in [0.25, 0.3) is 0 Å². The molecule has 0 radical (unpaired) electrons. The van der Waals surface area contributed by atoms with E-state index >= 15 is 0 Å². The highest BCUT2D eigenvalue weighted by Crippen LogP contribution is 2.19. The molecule has 2 aromatic carbocycles. The maximum atomic E-state index is 13.7. The van der Waals surface area contributed by atoms with Crippen molar-refractivity contribution in [3.63, 3.8) is 0 Å². The van der Waals surface area contributed by atoms with E-state index in [1.807, 2.05) is 30.3 Å². The van der Waals surface area contributed by atoms with Crippen LogP contribution in [0.15, 0.2) is 48.5 Å². The van der Waals surface area contributed by atoms with E-state index in [2.05, 4.69) is 10.4 Å². The van der Waals surface area contributed by atoms with E-state index in [4.69, 9.17) is 0 Å². The van der Waals surface area contributed by atoms with E-state index in [1.54, 1.807) is 18.5 Å². The van der Waals surface area contributed by atoms with Crippen molar-refractivity contribution < 1.29 is 13.6 Å². The second-order valence-corrected chi connectivity index (χ2v) is 5.77. The Labute approximate surface area is 144 Å². The number of rotatable bonds is 4. The summed E-state index contributed by atoms with van der Waals surface area (Å²) in [5.74, 6) is -1.99. The molecule has 1 amide bonds. The summed E-state index contributed by atoms with van der Waals surface area (Å²) < 4.78 is 28.5. The molecular weight excluding hydrogens is 324 g/mol. The number of nitrogens with zero attached hydrogens (tertiary/aromatic N) is 2. The molecule has 0 saturated heterocycles. The van der Waals surface area contributed by atoms with Crippen LogP contribution >= 0.6 is 0 Å². The van der Waals surface area contributed by atoms with Crippen molar-refractivity contribution >= 4 is 11.6 Å². The summed E-state index contributed by atoms with van der Waals surface area (Å²) in [5, 5.41) is 6.89. The molecule has 0 aliphatic carbocycles. The van der Waals surface area contributed by atoms with Crippen molar-refractivity contribution in [2.24, 2.45) is 0 Å². The van der Waals surface area contributed by atoms with Gasteiger partial charge >= 0.3 is 0 Å². The van der Waals surface area contributed by atoms with Crippen molar-refractivity contribution in [3.05, 3.63) is 82.7 Å². The fourth-order valence-corrected chi connectivity index (χ4v) is 2.71. The van der Waals surface area contributed by atoms with Gasteiger partial charge < -0.3 is 5.32 Å². The number of hydrogen-bond acceptors (Lipinski definition) is 2. The van der Waals surface area contributed by atoms with E-state index in [-0.39, 0.29) is 5.69 Å². The fraction of sp³-hybridized carbons (Fsp3) is 0.158. The van der Waals surface area contributed by atoms with E-state index in [9.17, 15) is 13.6 Å². The highest BCUT2D eigenvalue weighted by Gasteiger charge is 2.20. The van der Waals surface area contributed by atoms with Crippen molar-refractivity contribution in [2.75, 3.05) is 5.32 Å². The normalized spacial score (nSPS) is 10.7. The van der Waals surface area contributed by atoms with E-state index in [1.165, 1.54) is 6.07 Å². The monoisotopic (exact) mass is 341 g/mol. The third-order valence-corrected chi connectivity index (χ3v) is 3.96. The van der Waals surface area contributed by atoms with Crippen LogP contribution in [0, 0.1) is 25.5 Å². The molecule has 0 aliphatic heterocycles. The minimum absolute atomic E-state index is 0.0685. The van der Waals surface area contributed by atoms with E-state index in [0.717, 1.165) is 17.7 Å². The molecule has 0 aliphatic rings. The summed E-state index contributed by atoms with van der Waals surface area (Å²) in [6.07, 6.45) is 0. The Hall–Kier alpha value is -3.02. The average molecular weight is 341 g/mol. The first-order chi connectivity index (χ1) is 12.0. The lowest BCUT2D eigenvalue weighted by molar-refractivity contribution is 0.102. The fourth-order valence-electron chi connectivity index (χ4n) is 2.71. The average Bonchev–Trinajstić information content (AvgIpc) is 2.85. The van der Waals surface area contributed by atoms with Crippen molar-refractivity contribution in [1.29, 1.82) is 0 Å². The van der Waals surface area contributed by atoms with Gasteiger partial charge in [-0.1, -0.05) is 30.3 Å². The molecule has 0 fully saturated rings. The zero-order valence-electron chi connectivity index (χ0n) is 13.9. The van der Waals surface area contributed by atoms with Crippen LogP contribution in [0.5, 0.6) is 0 Å². The standard InChI is InChI=1S/C19H17F2N3O/c1-12-18(19(25)22-17-9-8-15(20)10-16(17)21)13(2)24(23-12)11-14-6-4-3-5-7-14/h3-10H,11H2,1-2H3,(H,22,25). The van der Waals surface area contributed by atoms with Crippen LogP contribution in [0.1, 0.15) is 27.3 Å². The summed E-state index contributed by atoms with van der Waals surface area (Å²) >= 11 is 0. The van der Waals surface area contributed by atoms with Crippen molar-refractivity contribution in [1.82, 2.24) is 9.78 Å². The van der Waals surface area contributed by atoms with Gasteiger partial charge in [-0.3, -0.25) is 9.48 Å². The number of hydrogen-bond donors (Lipinski definition) is 1. The Morgan fingerprint density at radius 2 is 1.84 bits per heavy atom. The molecule has 3 aromatic rings. The molecule has 0 atom stereocenters. The highest BCUT2D eigenvalue weighted by molar-refractivity contribution is 6.05. The number of aryl methyl sites for hydroxylation is 1. The molecule has 4 nitrogen and oxygen atoms in total. The Kier molecular flexibility index (Phi) is 4.61. The van der Waals surface area contributed by atoms with Crippen molar-refractivity contribution in [2.45, 2.75) is 20.4 Å². The zero-order chi connectivity index (χ0) is 18.0. The van der Waals surface area contributed by atoms with Gasteiger partial charge in [0.05, 0.1) is 23.5 Å². The van der Waals surface area contributed by atoms with Crippen LogP contribution in [0.4, 0.5) is 14.5 Å². The van der Waals surface area contributed by atoms with Crippen LogP contribution < -0.4 is 5.32 Å². The van der Waals surface area contributed by atoms with Gasteiger partial charge in [-0.2, -0.15) is 5.10 Å². The SMILES string of the molecule is Cc1nn(Cc2ccccc2)c(C)c1C(=O)Nc1ccc(F)cc1F. The Bertz CT molecular complexity index is 920. The highest BCUT2D eigenvalue weighted by atomic mass is 19.1. The number of carbonyl (C=O) groups is 1. The van der Waals surface area contributed by atoms with Crippen LogP contribution in [-0.2, 0) is 6.54 Å². The first kappa shape index (κ1) is 16.8. The number of halogens is 2. The molecule has 1 heterocycles. The topological polar surface area (TPSA) is 46.9 Å². The summed E-state index contributed by atoms with van der Waals surface area (Å²) in [5.41, 5.74) is 2.61. The number of carbonyl (C=O) groups excluding carboxylic acids is 1. The van der Waals surface area contributed by atoms with Gasteiger partial charge in [-0.05, 0) is 31.5 Å². The minimum Gasteiger partial charge on any atom is -0.319 e. The van der Waals surface area contributed by atoms with Crippen LogP contribution in [0.2, 0.25) is 0 Å². The maximum absolute atomic E-state index is 13.7. The third kappa shape index (κ3) is 3.57. The lowest BCUT2D eigenvalue weighted by Crippen LogP contribution is -2.15. The molecule has 0 bridgehead atoms. The van der Waals surface area contributed by atoms with Gasteiger partial charge in [-0.25, -0.2) is 8.78 Å². The minimum atomic E-state index is -0.819. The van der Waals surface area contributed by atoms with E-state index < -0.39 is 17.5 Å². The van der Waals surface area contributed by atoms with Crippen molar-refractivity contribution in [3.8, 4) is 0 Å². The number of nitrogens with one attached hydrogen (secondary N) is 1. The predicted octanol–water partition coefficient (Wildman–Crippen LogP) is 4.08. The number of amides is 1. The molecule has 25 heavy (non-hydrogen) atoms. The molecule has 6 heteroatoms. The molecule has 0 unspecified atom stereocenters. The molecule has 0 spiro atoms. The summed E-state index contributed by atoms with van der Waals surface area (Å²) in [6, 6.07) is 12.8. The Morgan fingerprint density at radius 3 is 2.52 bits per heavy atom. The molecule has 0 saturated carbocycles. The lowest BCUT2D eigenvalue weighted by Gasteiger charge is -2.08. The zero-order valence-corrected chi connectivity index (χ0v) is 13.9.